The van der Waals surface area contributed by atoms with Gasteiger partial charge in [-0.3, -0.25) is 4.90 Å². The van der Waals surface area contributed by atoms with Gasteiger partial charge in [-0.25, -0.2) is 0 Å². The standard InChI is InChI=1S/C18H32N2/c1-5-8-13-20(16(4)6-2)15-18-12-10-9-11-17(18)14-19-7-3/h9-12,16,19H,5-8,13-15H2,1-4H3. The normalized spacial score (nSPS) is 12.8. The van der Waals surface area contributed by atoms with E-state index in [0.29, 0.717) is 6.04 Å². The molecule has 0 radical (unpaired) electrons. The largest absolute Gasteiger partial charge is 0.313 e. The maximum absolute atomic E-state index is 3.45. The summed E-state index contributed by atoms with van der Waals surface area (Å²) in [6.45, 7) is 13.4. The van der Waals surface area contributed by atoms with Gasteiger partial charge in [0.25, 0.3) is 0 Å². The lowest BCUT2D eigenvalue weighted by molar-refractivity contribution is 0.191. The molecule has 20 heavy (non-hydrogen) atoms. The van der Waals surface area contributed by atoms with Crippen LogP contribution in [0.4, 0.5) is 0 Å². The summed E-state index contributed by atoms with van der Waals surface area (Å²) in [7, 11) is 0. The predicted octanol–water partition coefficient (Wildman–Crippen LogP) is 4.20. The van der Waals surface area contributed by atoms with Crippen molar-refractivity contribution in [3.05, 3.63) is 35.4 Å². The predicted molar refractivity (Wildman–Crippen MR) is 88.9 cm³/mol. The van der Waals surface area contributed by atoms with Crippen LogP contribution in [-0.4, -0.2) is 24.0 Å². The van der Waals surface area contributed by atoms with Crippen molar-refractivity contribution >= 4 is 0 Å². The minimum atomic E-state index is 0.661. The van der Waals surface area contributed by atoms with Crippen LogP contribution in [-0.2, 0) is 13.1 Å². The molecule has 0 spiro atoms. The molecule has 0 aliphatic carbocycles. The third-order valence-electron chi connectivity index (χ3n) is 4.07. The lowest BCUT2D eigenvalue weighted by Gasteiger charge is -2.29. The second-order valence-electron chi connectivity index (χ2n) is 5.63. The first-order valence-electron chi connectivity index (χ1n) is 8.24. The number of nitrogens with zero attached hydrogens (tertiary/aromatic N) is 1. The van der Waals surface area contributed by atoms with Crippen molar-refractivity contribution in [1.29, 1.82) is 0 Å². The van der Waals surface area contributed by atoms with E-state index in [2.05, 4.69) is 62.2 Å². The summed E-state index contributed by atoms with van der Waals surface area (Å²) in [6.07, 6.45) is 3.78. The maximum atomic E-state index is 3.45. The minimum absolute atomic E-state index is 0.661. The first kappa shape index (κ1) is 17.2. The molecule has 0 amide bonds. The Morgan fingerprint density at radius 1 is 1.10 bits per heavy atom. The van der Waals surface area contributed by atoms with Crippen molar-refractivity contribution in [2.24, 2.45) is 0 Å². The van der Waals surface area contributed by atoms with Crippen molar-refractivity contribution in [3.8, 4) is 0 Å². The summed E-state index contributed by atoms with van der Waals surface area (Å²) >= 11 is 0. The molecule has 1 unspecified atom stereocenters. The van der Waals surface area contributed by atoms with E-state index in [-0.39, 0.29) is 0 Å². The molecular formula is C18H32N2. The minimum Gasteiger partial charge on any atom is -0.313 e. The Labute approximate surface area is 125 Å². The molecule has 0 aliphatic rings. The molecule has 1 aromatic rings. The fourth-order valence-corrected chi connectivity index (χ4v) is 2.44. The zero-order valence-corrected chi connectivity index (χ0v) is 13.8. The summed E-state index contributed by atoms with van der Waals surface area (Å²) in [5.41, 5.74) is 2.92. The van der Waals surface area contributed by atoms with Crippen molar-refractivity contribution in [1.82, 2.24) is 10.2 Å². The highest BCUT2D eigenvalue weighted by molar-refractivity contribution is 5.27. The summed E-state index contributed by atoms with van der Waals surface area (Å²) < 4.78 is 0. The molecule has 0 bridgehead atoms. The molecule has 1 rings (SSSR count). The lowest BCUT2D eigenvalue weighted by atomic mass is 10.1. The van der Waals surface area contributed by atoms with Crippen molar-refractivity contribution in [2.75, 3.05) is 13.1 Å². The molecule has 1 atom stereocenters. The van der Waals surface area contributed by atoms with Crippen molar-refractivity contribution in [3.63, 3.8) is 0 Å². The summed E-state index contributed by atoms with van der Waals surface area (Å²) in [6, 6.07) is 9.52. The average molecular weight is 276 g/mol. The summed E-state index contributed by atoms with van der Waals surface area (Å²) in [5.74, 6) is 0. The van der Waals surface area contributed by atoms with E-state index >= 15 is 0 Å². The highest BCUT2D eigenvalue weighted by Crippen LogP contribution is 2.15. The van der Waals surface area contributed by atoms with Crippen LogP contribution >= 0.6 is 0 Å². The van der Waals surface area contributed by atoms with Crippen LogP contribution in [0.5, 0.6) is 0 Å². The second kappa shape index (κ2) is 9.95. The van der Waals surface area contributed by atoms with Crippen molar-refractivity contribution < 1.29 is 0 Å². The quantitative estimate of drug-likeness (QED) is 0.689. The van der Waals surface area contributed by atoms with Crippen LogP contribution < -0.4 is 5.32 Å². The van der Waals surface area contributed by atoms with E-state index in [9.17, 15) is 0 Å². The van der Waals surface area contributed by atoms with Crippen molar-refractivity contribution in [2.45, 2.75) is 66.1 Å². The van der Waals surface area contributed by atoms with Gasteiger partial charge < -0.3 is 5.32 Å². The fraction of sp³-hybridized carbons (Fsp3) is 0.667. The Bertz CT molecular complexity index is 362. The topological polar surface area (TPSA) is 15.3 Å². The average Bonchev–Trinajstić information content (AvgIpc) is 2.49. The molecule has 0 saturated heterocycles. The number of hydrogen-bond acceptors (Lipinski definition) is 2. The third-order valence-corrected chi connectivity index (χ3v) is 4.07. The third kappa shape index (κ3) is 5.64. The number of nitrogens with one attached hydrogen (secondary N) is 1. The van der Waals surface area contributed by atoms with Gasteiger partial charge >= 0.3 is 0 Å². The number of hydrogen-bond donors (Lipinski definition) is 1. The SMILES string of the molecule is CCCCN(Cc1ccccc1CNCC)C(C)CC. The monoisotopic (exact) mass is 276 g/mol. The van der Waals surface area contributed by atoms with Gasteiger partial charge in [-0.05, 0) is 44.0 Å². The zero-order valence-electron chi connectivity index (χ0n) is 13.8. The Kier molecular flexibility index (Phi) is 8.56. The first-order chi connectivity index (χ1) is 9.72. The van der Waals surface area contributed by atoms with Gasteiger partial charge in [0.2, 0.25) is 0 Å². The Morgan fingerprint density at radius 2 is 1.80 bits per heavy atom. The Morgan fingerprint density at radius 3 is 2.40 bits per heavy atom. The highest BCUT2D eigenvalue weighted by atomic mass is 15.1. The molecule has 1 N–H and O–H groups in total. The van der Waals surface area contributed by atoms with E-state index in [4.69, 9.17) is 0 Å². The highest BCUT2D eigenvalue weighted by Gasteiger charge is 2.13. The van der Waals surface area contributed by atoms with Gasteiger partial charge in [0.05, 0.1) is 0 Å². The molecule has 0 aromatic heterocycles. The first-order valence-corrected chi connectivity index (χ1v) is 8.24. The molecule has 2 nitrogen and oxygen atoms in total. The molecule has 1 aromatic carbocycles. The van der Waals surface area contributed by atoms with Crippen LogP contribution in [0.3, 0.4) is 0 Å². The molecule has 0 saturated carbocycles. The molecule has 0 heterocycles. The van der Waals surface area contributed by atoms with E-state index in [0.717, 1.165) is 19.6 Å². The number of unbranched alkanes of at least 4 members (excludes halogenated alkanes) is 1. The smallest absolute Gasteiger partial charge is 0.0239 e. The van der Waals surface area contributed by atoms with Gasteiger partial charge in [0.1, 0.15) is 0 Å². The fourth-order valence-electron chi connectivity index (χ4n) is 2.44. The Balaban J connectivity index is 2.75. The van der Waals surface area contributed by atoms with Gasteiger partial charge in [0, 0.05) is 19.1 Å². The lowest BCUT2D eigenvalue weighted by Crippen LogP contribution is -2.33. The molecule has 114 valence electrons. The van der Waals surface area contributed by atoms with E-state index in [1.807, 2.05) is 0 Å². The van der Waals surface area contributed by atoms with Crippen LogP contribution in [0.1, 0.15) is 58.1 Å². The van der Waals surface area contributed by atoms with Crippen LogP contribution in [0, 0.1) is 0 Å². The van der Waals surface area contributed by atoms with Gasteiger partial charge in [-0.1, -0.05) is 51.5 Å². The van der Waals surface area contributed by atoms with Gasteiger partial charge in [0.15, 0.2) is 0 Å². The van der Waals surface area contributed by atoms with Gasteiger partial charge in [-0.2, -0.15) is 0 Å². The summed E-state index contributed by atoms with van der Waals surface area (Å²) in [4.78, 5) is 2.63. The second-order valence-corrected chi connectivity index (χ2v) is 5.63. The molecular weight excluding hydrogens is 244 g/mol. The van der Waals surface area contributed by atoms with Crippen LogP contribution in [0.2, 0.25) is 0 Å². The van der Waals surface area contributed by atoms with E-state index in [1.165, 1.54) is 36.9 Å². The Hall–Kier alpha value is -0.860. The molecule has 2 heteroatoms. The number of rotatable bonds is 10. The van der Waals surface area contributed by atoms with Gasteiger partial charge in [-0.15, -0.1) is 0 Å². The zero-order chi connectivity index (χ0) is 14.8. The number of benzene rings is 1. The van der Waals surface area contributed by atoms with E-state index < -0.39 is 0 Å². The van der Waals surface area contributed by atoms with Crippen LogP contribution in [0.25, 0.3) is 0 Å². The van der Waals surface area contributed by atoms with Crippen LogP contribution in [0.15, 0.2) is 24.3 Å². The molecule has 0 aliphatic heterocycles. The summed E-state index contributed by atoms with van der Waals surface area (Å²) in [5, 5.41) is 3.45. The molecule has 0 fully saturated rings. The van der Waals surface area contributed by atoms with E-state index in [1.54, 1.807) is 0 Å². The maximum Gasteiger partial charge on any atom is 0.0239 e.